The van der Waals surface area contributed by atoms with Gasteiger partial charge >= 0.3 is 0 Å². The van der Waals surface area contributed by atoms with Crippen molar-refractivity contribution in [2.75, 3.05) is 12.3 Å². The lowest BCUT2D eigenvalue weighted by molar-refractivity contribution is 0.0212. The third-order valence-corrected chi connectivity index (χ3v) is 4.21. The molecule has 1 aliphatic rings. The highest BCUT2D eigenvalue weighted by Gasteiger charge is 2.23. The van der Waals surface area contributed by atoms with Crippen LogP contribution in [0.25, 0.3) is 0 Å². The normalized spacial score (nSPS) is 18.4. The van der Waals surface area contributed by atoms with E-state index in [1.807, 2.05) is 51.1 Å². The second-order valence-corrected chi connectivity index (χ2v) is 7.30. The Labute approximate surface area is 139 Å². The predicted molar refractivity (Wildman–Crippen MR) is 89.6 cm³/mol. The second kappa shape index (κ2) is 6.72. The van der Waals surface area contributed by atoms with Crippen molar-refractivity contribution in [3.63, 3.8) is 0 Å². The lowest BCUT2D eigenvalue weighted by atomic mass is 9.97. The maximum atomic E-state index is 5.66. The summed E-state index contributed by atoms with van der Waals surface area (Å²) < 4.78 is 5.66. The molecule has 1 unspecified atom stereocenters. The Bertz CT molecular complexity index is 679. The molecule has 23 heavy (non-hydrogen) atoms. The summed E-state index contributed by atoms with van der Waals surface area (Å²) in [5.74, 6) is 2.11. The molecule has 0 aliphatic carbocycles. The average molecular weight is 332 g/mol. The minimum atomic E-state index is -0.135. The zero-order valence-electron chi connectivity index (χ0n) is 13.4. The number of hydroxylamine groups is 1. The average Bonchev–Trinajstić information content (AvgIpc) is 3.04. The Kier molecular flexibility index (Phi) is 4.68. The number of nitrogens with one attached hydrogen (secondary N) is 1. The van der Waals surface area contributed by atoms with Crippen molar-refractivity contribution in [2.24, 2.45) is 4.99 Å². The van der Waals surface area contributed by atoms with E-state index in [1.165, 1.54) is 11.8 Å². The first-order chi connectivity index (χ1) is 11.0. The molecule has 0 radical (unpaired) electrons. The van der Waals surface area contributed by atoms with E-state index in [-0.39, 0.29) is 11.5 Å². The van der Waals surface area contributed by atoms with Gasteiger partial charge in [-0.1, -0.05) is 62.9 Å². The van der Waals surface area contributed by atoms with Crippen molar-refractivity contribution >= 4 is 17.6 Å². The number of amidine groups is 1. The number of aliphatic imine (C=N–C) groups is 1. The quantitative estimate of drug-likeness (QED) is 0.868. The van der Waals surface area contributed by atoms with Crippen LogP contribution in [0.2, 0.25) is 0 Å². The summed E-state index contributed by atoms with van der Waals surface area (Å²) in [5, 5.41) is 8.71. The Balaban J connectivity index is 1.53. The van der Waals surface area contributed by atoms with Gasteiger partial charge in [0, 0.05) is 16.7 Å². The molecule has 122 valence electrons. The Morgan fingerprint density at radius 2 is 2.00 bits per heavy atom. The van der Waals surface area contributed by atoms with Crippen molar-refractivity contribution < 1.29 is 9.25 Å². The molecule has 1 atom stereocenters. The van der Waals surface area contributed by atoms with Crippen molar-refractivity contribution in [3.05, 3.63) is 41.8 Å². The number of hydrogen-bond donors (Lipinski definition) is 1. The lowest BCUT2D eigenvalue weighted by Gasteiger charge is -2.22. The molecule has 1 N–H and O–H groups in total. The summed E-state index contributed by atoms with van der Waals surface area (Å²) >= 11 is 1.49. The third kappa shape index (κ3) is 4.11. The maximum absolute atomic E-state index is 5.66. The number of aromatic nitrogens is 2. The van der Waals surface area contributed by atoms with E-state index in [2.05, 4.69) is 20.7 Å². The van der Waals surface area contributed by atoms with E-state index in [9.17, 15) is 0 Å². The fourth-order valence-electron chi connectivity index (χ4n) is 1.97. The molecule has 1 aromatic heterocycles. The fourth-order valence-corrected chi connectivity index (χ4v) is 2.71. The van der Waals surface area contributed by atoms with Crippen LogP contribution in [-0.4, -0.2) is 34.4 Å². The van der Waals surface area contributed by atoms with Crippen molar-refractivity contribution in [1.29, 1.82) is 0 Å². The van der Waals surface area contributed by atoms with Crippen LogP contribution in [-0.2, 0) is 10.3 Å². The molecule has 3 rings (SSSR count). The van der Waals surface area contributed by atoms with Crippen LogP contribution in [0.15, 0.2) is 45.0 Å². The zero-order chi connectivity index (χ0) is 16.3. The van der Waals surface area contributed by atoms with Gasteiger partial charge in [-0.25, -0.2) is 5.48 Å². The Morgan fingerprint density at radius 3 is 2.61 bits per heavy atom. The van der Waals surface area contributed by atoms with Gasteiger partial charge in [0.2, 0.25) is 5.89 Å². The largest absolute Gasteiger partial charge is 0.415 e. The molecule has 7 heteroatoms. The molecule has 2 heterocycles. The summed E-state index contributed by atoms with van der Waals surface area (Å²) in [6.07, 6.45) is -0.0301. The molecule has 0 amide bonds. The van der Waals surface area contributed by atoms with E-state index in [0.29, 0.717) is 23.4 Å². The van der Waals surface area contributed by atoms with Gasteiger partial charge in [-0.15, -0.1) is 10.2 Å². The van der Waals surface area contributed by atoms with Gasteiger partial charge in [0.25, 0.3) is 5.22 Å². The standard InChI is InChI=1S/C16H20N4O2S/c1-16(2,3)14-18-19-15(21-14)23-10-12-9-17-13(20-22-12)11-7-5-4-6-8-11/h4-8,12H,9-10H2,1-3H3,(H,17,20). The topological polar surface area (TPSA) is 72.5 Å². The number of thioether (sulfide) groups is 1. The highest BCUT2D eigenvalue weighted by Crippen LogP contribution is 2.25. The van der Waals surface area contributed by atoms with Crippen LogP contribution >= 0.6 is 11.8 Å². The molecule has 0 bridgehead atoms. The number of nitrogens with zero attached hydrogens (tertiary/aromatic N) is 3. The van der Waals surface area contributed by atoms with Crippen molar-refractivity contribution in [1.82, 2.24) is 15.7 Å². The van der Waals surface area contributed by atoms with Crippen LogP contribution in [0, 0.1) is 0 Å². The van der Waals surface area contributed by atoms with Gasteiger partial charge < -0.3 is 4.42 Å². The first-order valence-electron chi connectivity index (χ1n) is 7.51. The van der Waals surface area contributed by atoms with Crippen LogP contribution in [0.1, 0.15) is 32.2 Å². The number of hydrogen-bond acceptors (Lipinski definition) is 7. The molecule has 1 aliphatic heterocycles. The van der Waals surface area contributed by atoms with Gasteiger partial charge in [-0.3, -0.25) is 9.83 Å². The molecule has 0 spiro atoms. The predicted octanol–water partition coefficient (Wildman–Crippen LogP) is 2.81. The molecule has 1 aromatic carbocycles. The van der Waals surface area contributed by atoms with E-state index >= 15 is 0 Å². The van der Waals surface area contributed by atoms with Crippen LogP contribution in [0.3, 0.4) is 0 Å². The second-order valence-electron chi connectivity index (χ2n) is 6.33. The van der Waals surface area contributed by atoms with Gasteiger partial charge in [-0.05, 0) is 0 Å². The van der Waals surface area contributed by atoms with Gasteiger partial charge in [-0.2, -0.15) is 0 Å². The summed E-state index contributed by atoms with van der Waals surface area (Å²) in [6, 6.07) is 9.92. The van der Waals surface area contributed by atoms with E-state index < -0.39 is 0 Å². The Hall–Kier alpha value is -1.86. The highest BCUT2D eigenvalue weighted by molar-refractivity contribution is 7.99. The first kappa shape index (κ1) is 16.0. The maximum Gasteiger partial charge on any atom is 0.276 e. The lowest BCUT2D eigenvalue weighted by Crippen LogP contribution is -2.38. The molecule has 0 fully saturated rings. The third-order valence-electron chi connectivity index (χ3n) is 3.26. The SMILES string of the molecule is CC(C)(C)c1nnc(SCC2CN=C(c3ccccc3)NO2)o1. The number of rotatable bonds is 4. The summed E-state index contributed by atoms with van der Waals surface area (Å²) in [6.45, 7) is 6.74. The van der Waals surface area contributed by atoms with E-state index in [1.54, 1.807) is 0 Å². The zero-order valence-corrected chi connectivity index (χ0v) is 14.3. The smallest absolute Gasteiger partial charge is 0.276 e. The first-order valence-corrected chi connectivity index (χ1v) is 8.49. The molecule has 6 nitrogen and oxygen atoms in total. The molecular formula is C16H20N4O2S. The van der Waals surface area contributed by atoms with Crippen LogP contribution in [0.5, 0.6) is 0 Å². The monoisotopic (exact) mass is 332 g/mol. The fraction of sp³-hybridized carbons (Fsp3) is 0.438. The summed E-state index contributed by atoms with van der Waals surface area (Å²) in [7, 11) is 0. The van der Waals surface area contributed by atoms with E-state index in [4.69, 9.17) is 9.25 Å². The minimum absolute atomic E-state index is 0.0301. The highest BCUT2D eigenvalue weighted by atomic mass is 32.2. The van der Waals surface area contributed by atoms with Gasteiger partial charge in [0.15, 0.2) is 5.84 Å². The molecule has 0 saturated heterocycles. The van der Waals surface area contributed by atoms with Crippen LogP contribution < -0.4 is 5.48 Å². The van der Waals surface area contributed by atoms with Crippen molar-refractivity contribution in [2.45, 2.75) is 37.5 Å². The molecule has 2 aromatic rings. The van der Waals surface area contributed by atoms with Crippen LogP contribution in [0.4, 0.5) is 0 Å². The van der Waals surface area contributed by atoms with Crippen molar-refractivity contribution in [3.8, 4) is 0 Å². The summed E-state index contributed by atoms with van der Waals surface area (Å²) in [5.41, 5.74) is 3.80. The molecule has 0 saturated carbocycles. The summed E-state index contributed by atoms with van der Waals surface area (Å²) in [4.78, 5) is 10.2. The van der Waals surface area contributed by atoms with E-state index in [0.717, 1.165) is 11.4 Å². The van der Waals surface area contributed by atoms with Gasteiger partial charge in [0.1, 0.15) is 6.10 Å². The molecular weight excluding hydrogens is 312 g/mol. The number of benzene rings is 1. The minimum Gasteiger partial charge on any atom is -0.415 e. The Morgan fingerprint density at radius 1 is 1.22 bits per heavy atom. The van der Waals surface area contributed by atoms with Gasteiger partial charge in [0.05, 0.1) is 6.54 Å².